The first kappa shape index (κ1) is 16.6. The highest BCUT2D eigenvalue weighted by molar-refractivity contribution is 5.90. The van der Waals surface area contributed by atoms with E-state index in [0.29, 0.717) is 6.54 Å². The largest absolute Gasteiger partial charge is 0.370 e. The fraction of sp³-hybridized carbons (Fsp3) is 0.350. The number of anilines is 1. The number of piperidine rings is 1. The van der Waals surface area contributed by atoms with Gasteiger partial charge in [0.15, 0.2) is 5.82 Å². The van der Waals surface area contributed by atoms with Gasteiger partial charge >= 0.3 is 0 Å². The summed E-state index contributed by atoms with van der Waals surface area (Å²) in [5.41, 5.74) is 8.32. The first-order valence-corrected chi connectivity index (χ1v) is 9.18. The summed E-state index contributed by atoms with van der Waals surface area (Å²) in [7, 11) is 0. The zero-order valence-corrected chi connectivity index (χ0v) is 14.8. The maximum absolute atomic E-state index is 11.4. The van der Waals surface area contributed by atoms with Crippen molar-refractivity contribution in [3.63, 3.8) is 0 Å². The van der Waals surface area contributed by atoms with Gasteiger partial charge in [0, 0.05) is 37.8 Å². The average Bonchev–Trinajstić information content (AvgIpc) is 3.06. The number of primary amides is 1. The van der Waals surface area contributed by atoms with Gasteiger partial charge in [-0.25, -0.2) is 9.97 Å². The molecule has 0 atom stereocenters. The summed E-state index contributed by atoms with van der Waals surface area (Å²) in [4.78, 5) is 23.3. The summed E-state index contributed by atoms with van der Waals surface area (Å²) in [6.07, 6.45) is 5.77. The van der Waals surface area contributed by atoms with E-state index >= 15 is 0 Å². The molecule has 1 aliphatic rings. The molecule has 0 unspecified atom stereocenters. The summed E-state index contributed by atoms with van der Waals surface area (Å²) in [6.45, 7) is 2.54. The van der Waals surface area contributed by atoms with Gasteiger partial charge in [0.2, 0.25) is 5.91 Å². The van der Waals surface area contributed by atoms with Gasteiger partial charge in [-0.2, -0.15) is 0 Å². The molecule has 0 bridgehead atoms. The SMILES string of the molecule is NC(=O)CCn1c(-c2ccccc2)nc2c(N3CCCCC3)nccc21. The number of imidazole rings is 1. The number of benzene rings is 1. The van der Waals surface area contributed by atoms with E-state index in [4.69, 9.17) is 10.7 Å². The monoisotopic (exact) mass is 349 g/mol. The number of aryl methyl sites for hydroxylation is 1. The molecular weight excluding hydrogens is 326 g/mol. The Morgan fingerprint density at radius 2 is 1.85 bits per heavy atom. The van der Waals surface area contributed by atoms with Crippen LogP contribution in [0.15, 0.2) is 42.6 Å². The molecule has 3 heterocycles. The Balaban J connectivity index is 1.86. The first-order valence-electron chi connectivity index (χ1n) is 9.18. The van der Waals surface area contributed by atoms with Crippen molar-refractivity contribution in [1.82, 2.24) is 14.5 Å². The highest BCUT2D eigenvalue weighted by atomic mass is 16.1. The quantitative estimate of drug-likeness (QED) is 0.768. The zero-order chi connectivity index (χ0) is 17.9. The zero-order valence-electron chi connectivity index (χ0n) is 14.8. The number of pyridine rings is 1. The molecule has 1 aliphatic heterocycles. The van der Waals surface area contributed by atoms with E-state index < -0.39 is 0 Å². The summed E-state index contributed by atoms with van der Waals surface area (Å²) < 4.78 is 2.09. The van der Waals surface area contributed by atoms with Crippen LogP contribution >= 0.6 is 0 Å². The van der Waals surface area contributed by atoms with E-state index in [-0.39, 0.29) is 12.3 Å². The van der Waals surface area contributed by atoms with Crippen molar-refractivity contribution in [3.05, 3.63) is 42.6 Å². The number of carbonyl (C=O) groups is 1. The van der Waals surface area contributed by atoms with Crippen LogP contribution in [-0.2, 0) is 11.3 Å². The number of hydrogen-bond donors (Lipinski definition) is 1. The molecule has 6 heteroatoms. The molecule has 1 aromatic carbocycles. The number of rotatable bonds is 5. The topological polar surface area (TPSA) is 77.0 Å². The normalized spacial score (nSPS) is 14.7. The molecule has 1 fully saturated rings. The molecule has 26 heavy (non-hydrogen) atoms. The highest BCUT2D eigenvalue weighted by Crippen LogP contribution is 2.31. The lowest BCUT2D eigenvalue weighted by molar-refractivity contribution is -0.118. The average molecular weight is 349 g/mol. The summed E-state index contributed by atoms with van der Waals surface area (Å²) >= 11 is 0. The first-order chi connectivity index (χ1) is 12.7. The van der Waals surface area contributed by atoms with Crippen LogP contribution < -0.4 is 10.6 Å². The number of amides is 1. The second-order valence-electron chi connectivity index (χ2n) is 6.72. The maximum atomic E-state index is 11.4. The van der Waals surface area contributed by atoms with Crippen LogP contribution in [0.2, 0.25) is 0 Å². The van der Waals surface area contributed by atoms with Crippen LogP contribution in [0.3, 0.4) is 0 Å². The molecule has 2 N–H and O–H groups in total. The lowest BCUT2D eigenvalue weighted by Gasteiger charge is -2.27. The molecule has 0 aliphatic carbocycles. The Hall–Kier alpha value is -2.89. The Bertz CT molecular complexity index is 913. The lowest BCUT2D eigenvalue weighted by Crippen LogP contribution is -2.30. The van der Waals surface area contributed by atoms with Crippen molar-refractivity contribution in [2.45, 2.75) is 32.2 Å². The van der Waals surface area contributed by atoms with Crippen LogP contribution in [0.25, 0.3) is 22.4 Å². The summed E-state index contributed by atoms with van der Waals surface area (Å²) in [6, 6.07) is 12.0. The van der Waals surface area contributed by atoms with E-state index in [0.717, 1.165) is 41.3 Å². The molecule has 0 radical (unpaired) electrons. The minimum Gasteiger partial charge on any atom is -0.370 e. The van der Waals surface area contributed by atoms with Gasteiger partial charge in [0.05, 0.1) is 5.52 Å². The van der Waals surface area contributed by atoms with Gasteiger partial charge in [-0.1, -0.05) is 30.3 Å². The van der Waals surface area contributed by atoms with Crippen molar-refractivity contribution in [1.29, 1.82) is 0 Å². The lowest BCUT2D eigenvalue weighted by atomic mass is 10.1. The predicted octanol–water partition coefficient (Wildman–Crippen LogP) is 2.96. The second kappa shape index (κ2) is 7.15. The number of nitrogens with two attached hydrogens (primary N) is 1. The van der Waals surface area contributed by atoms with Crippen molar-refractivity contribution >= 4 is 22.8 Å². The van der Waals surface area contributed by atoms with E-state index in [1.165, 1.54) is 19.3 Å². The van der Waals surface area contributed by atoms with Gasteiger partial charge in [-0.05, 0) is 25.3 Å². The van der Waals surface area contributed by atoms with Gasteiger partial charge in [0.25, 0.3) is 0 Å². The third-order valence-corrected chi connectivity index (χ3v) is 4.92. The number of fused-ring (bicyclic) bond motifs is 1. The van der Waals surface area contributed by atoms with Gasteiger partial charge in [0.1, 0.15) is 11.3 Å². The fourth-order valence-electron chi connectivity index (χ4n) is 3.63. The minimum absolute atomic E-state index is 0.284. The van der Waals surface area contributed by atoms with Crippen molar-refractivity contribution < 1.29 is 4.79 Å². The molecule has 1 amide bonds. The van der Waals surface area contributed by atoms with Crippen LogP contribution in [0, 0.1) is 0 Å². The molecule has 1 saturated heterocycles. The van der Waals surface area contributed by atoms with Crippen LogP contribution in [-0.4, -0.2) is 33.5 Å². The van der Waals surface area contributed by atoms with E-state index in [1.54, 1.807) is 0 Å². The summed E-state index contributed by atoms with van der Waals surface area (Å²) in [5, 5.41) is 0. The van der Waals surface area contributed by atoms with Crippen molar-refractivity contribution in [2.75, 3.05) is 18.0 Å². The number of nitrogens with zero attached hydrogens (tertiary/aromatic N) is 4. The van der Waals surface area contributed by atoms with Crippen molar-refractivity contribution in [3.8, 4) is 11.4 Å². The van der Waals surface area contributed by atoms with Gasteiger partial charge < -0.3 is 15.2 Å². The molecule has 0 spiro atoms. The second-order valence-corrected chi connectivity index (χ2v) is 6.72. The Morgan fingerprint density at radius 3 is 2.58 bits per heavy atom. The number of carbonyl (C=O) groups excluding carboxylic acids is 1. The van der Waals surface area contributed by atoms with Gasteiger partial charge in [-0.15, -0.1) is 0 Å². The van der Waals surface area contributed by atoms with Crippen LogP contribution in [0.5, 0.6) is 0 Å². The van der Waals surface area contributed by atoms with Gasteiger partial charge in [-0.3, -0.25) is 4.79 Å². The Morgan fingerprint density at radius 1 is 1.08 bits per heavy atom. The highest BCUT2D eigenvalue weighted by Gasteiger charge is 2.20. The molecule has 6 nitrogen and oxygen atoms in total. The smallest absolute Gasteiger partial charge is 0.219 e. The molecule has 3 aromatic rings. The Kier molecular flexibility index (Phi) is 4.56. The number of hydrogen-bond acceptors (Lipinski definition) is 4. The van der Waals surface area contributed by atoms with Crippen LogP contribution in [0.4, 0.5) is 5.82 Å². The molecule has 2 aromatic heterocycles. The Labute approximate surface area is 152 Å². The molecule has 4 rings (SSSR count). The fourth-order valence-corrected chi connectivity index (χ4v) is 3.63. The molecule has 0 saturated carbocycles. The van der Waals surface area contributed by atoms with E-state index in [9.17, 15) is 4.79 Å². The number of aromatic nitrogens is 3. The van der Waals surface area contributed by atoms with E-state index in [1.807, 2.05) is 42.6 Å². The van der Waals surface area contributed by atoms with E-state index in [2.05, 4.69) is 14.5 Å². The van der Waals surface area contributed by atoms with Crippen LogP contribution in [0.1, 0.15) is 25.7 Å². The minimum atomic E-state index is -0.309. The third-order valence-electron chi connectivity index (χ3n) is 4.92. The maximum Gasteiger partial charge on any atom is 0.219 e. The predicted molar refractivity (Wildman–Crippen MR) is 103 cm³/mol. The molecule has 134 valence electrons. The van der Waals surface area contributed by atoms with Crippen molar-refractivity contribution in [2.24, 2.45) is 5.73 Å². The molecular formula is C20H23N5O. The third kappa shape index (κ3) is 3.14. The summed E-state index contributed by atoms with van der Waals surface area (Å²) in [5.74, 6) is 1.49. The standard InChI is InChI=1S/C20H23N5O/c21-17(26)10-14-25-16-9-11-22-20(24-12-5-2-6-13-24)18(16)23-19(25)15-7-3-1-4-8-15/h1,3-4,7-9,11H,2,5-6,10,12-14H2,(H2,21,26).